The van der Waals surface area contributed by atoms with Crippen LogP contribution in [0.1, 0.15) is 23.2 Å². The van der Waals surface area contributed by atoms with E-state index in [-0.39, 0.29) is 22.4 Å². The average molecular weight is 334 g/mol. The van der Waals surface area contributed by atoms with E-state index < -0.39 is 35.0 Å². The molecule has 0 aliphatic carbocycles. The number of halogens is 3. The van der Waals surface area contributed by atoms with E-state index in [0.717, 1.165) is 12.1 Å². The number of benzene rings is 1. The molecule has 0 unspecified atom stereocenters. The van der Waals surface area contributed by atoms with Crippen LogP contribution in [-0.4, -0.2) is 22.8 Å². The minimum Gasteiger partial charge on any atom is -0.325 e. The maximum atomic E-state index is 13.4. The van der Waals surface area contributed by atoms with Gasteiger partial charge in [-0.25, -0.2) is 13.6 Å². The van der Waals surface area contributed by atoms with Crippen molar-refractivity contribution in [2.24, 2.45) is 0 Å². The van der Waals surface area contributed by atoms with Crippen LogP contribution in [0.2, 0.25) is 0 Å². The largest absolute Gasteiger partial charge is 0.367 e. The molecular weight excluding hydrogens is 328 g/mol. The number of hydrogen-bond donors (Lipinski definition) is 0. The molecule has 0 atom stereocenters. The predicted octanol–water partition coefficient (Wildman–Crippen LogP) is 1.95. The van der Waals surface area contributed by atoms with Crippen LogP contribution in [0.25, 0.3) is 0 Å². The van der Waals surface area contributed by atoms with Crippen molar-refractivity contribution >= 4 is 33.7 Å². The SMILES string of the molecule is O=C(ON1C(=O)CCC1=O)c1cc(Br)cc(F)c1F. The summed E-state index contributed by atoms with van der Waals surface area (Å²) in [5.41, 5.74) is -0.709. The number of hydroxylamine groups is 2. The number of amides is 2. The first-order valence-electron chi connectivity index (χ1n) is 5.13. The Morgan fingerprint density at radius 3 is 2.37 bits per heavy atom. The van der Waals surface area contributed by atoms with Crippen LogP contribution in [0.4, 0.5) is 8.78 Å². The summed E-state index contributed by atoms with van der Waals surface area (Å²) in [7, 11) is 0. The van der Waals surface area contributed by atoms with E-state index in [2.05, 4.69) is 20.8 Å². The molecule has 8 heteroatoms. The molecule has 1 aliphatic rings. The van der Waals surface area contributed by atoms with Gasteiger partial charge in [-0.1, -0.05) is 15.9 Å². The molecule has 2 amide bonds. The van der Waals surface area contributed by atoms with Gasteiger partial charge in [0, 0.05) is 17.3 Å². The molecule has 19 heavy (non-hydrogen) atoms. The van der Waals surface area contributed by atoms with E-state index in [0.29, 0.717) is 0 Å². The van der Waals surface area contributed by atoms with Crippen molar-refractivity contribution in [2.45, 2.75) is 12.8 Å². The molecule has 1 fully saturated rings. The summed E-state index contributed by atoms with van der Waals surface area (Å²) in [6.07, 6.45) is -0.164. The third kappa shape index (κ3) is 2.62. The summed E-state index contributed by atoms with van der Waals surface area (Å²) < 4.78 is 26.6. The zero-order chi connectivity index (χ0) is 14.2. The van der Waals surface area contributed by atoms with E-state index in [9.17, 15) is 23.2 Å². The maximum absolute atomic E-state index is 13.4. The minimum atomic E-state index is -1.41. The molecule has 0 saturated carbocycles. The highest BCUT2D eigenvalue weighted by Gasteiger charge is 2.34. The van der Waals surface area contributed by atoms with Crippen LogP contribution in [0.5, 0.6) is 0 Å². The van der Waals surface area contributed by atoms with Crippen LogP contribution >= 0.6 is 15.9 Å². The highest BCUT2D eigenvalue weighted by Crippen LogP contribution is 2.21. The van der Waals surface area contributed by atoms with E-state index in [1.807, 2.05) is 0 Å². The number of carbonyl (C=O) groups excluding carboxylic acids is 3. The number of carbonyl (C=O) groups is 3. The Bertz CT molecular complexity index is 574. The Kier molecular flexibility index (Phi) is 3.61. The van der Waals surface area contributed by atoms with Crippen molar-refractivity contribution in [2.75, 3.05) is 0 Å². The van der Waals surface area contributed by atoms with Gasteiger partial charge in [0.15, 0.2) is 11.6 Å². The first-order chi connectivity index (χ1) is 8.90. The zero-order valence-corrected chi connectivity index (χ0v) is 10.9. The Labute approximate surface area is 114 Å². The van der Waals surface area contributed by atoms with Gasteiger partial charge in [0.25, 0.3) is 11.8 Å². The molecule has 1 saturated heterocycles. The van der Waals surface area contributed by atoms with Crippen LogP contribution in [0.15, 0.2) is 16.6 Å². The van der Waals surface area contributed by atoms with E-state index in [4.69, 9.17) is 0 Å². The molecule has 0 aromatic heterocycles. The normalized spacial score (nSPS) is 15.0. The number of imide groups is 1. The van der Waals surface area contributed by atoms with Crippen molar-refractivity contribution in [3.8, 4) is 0 Å². The van der Waals surface area contributed by atoms with E-state index in [1.165, 1.54) is 0 Å². The van der Waals surface area contributed by atoms with Crippen molar-refractivity contribution < 1.29 is 28.0 Å². The van der Waals surface area contributed by atoms with Crippen LogP contribution in [0, 0.1) is 11.6 Å². The standard InChI is InChI=1S/C11H6BrF2NO4/c12-5-3-6(10(14)7(13)4-5)11(18)19-15-8(16)1-2-9(15)17/h3-4H,1-2H2. The monoisotopic (exact) mass is 333 g/mol. The third-order valence-electron chi connectivity index (χ3n) is 2.39. The minimum absolute atomic E-state index is 0.0819. The van der Waals surface area contributed by atoms with Gasteiger partial charge in [-0.2, -0.15) is 0 Å². The molecule has 1 aromatic rings. The summed E-state index contributed by atoms with van der Waals surface area (Å²) in [6.45, 7) is 0. The van der Waals surface area contributed by atoms with Crippen LogP contribution in [-0.2, 0) is 14.4 Å². The molecular formula is C11H6BrF2NO4. The predicted molar refractivity (Wildman–Crippen MR) is 60.6 cm³/mol. The van der Waals surface area contributed by atoms with E-state index in [1.54, 1.807) is 0 Å². The first-order valence-corrected chi connectivity index (χ1v) is 5.92. The van der Waals surface area contributed by atoms with Gasteiger partial charge in [0.2, 0.25) is 0 Å². The summed E-state index contributed by atoms with van der Waals surface area (Å²) in [4.78, 5) is 38.5. The highest BCUT2D eigenvalue weighted by molar-refractivity contribution is 9.10. The number of rotatable bonds is 2. The molecule has 5 nitrogen and oxygen atoms in total. The Balaban J connectivity index is 2.26. The van der Waals surface area contributed by atoms with Crippen LogP contribution < -0.4 is 0 Å². The lowest BCUT2D eigenvalue weighted by Crippen LogP contribution is -2.32. The topological polar surface area (TPSA) is 63.7 Å². The smallest absolute Gasteiger partial charge is 0.325 e. The molecule has 1 heterocycles. The van der Waals surface area contributed by atoms with Gasteiger partial charge in [-0.3, -0.25) is 9.59 Å². The maximum Gasteiger partial charge on any atom is 0.367 e. The lowest BCUT2D eigenvalue weighted by atomic mass is 10.2. The first kappa shape index (κ1) is 13.6. The summed E-state index contributed by atoms with van der Waals surface area (Å²) >= 11 is 2.89. The molecule has 1 aromatic carbocycles. The highest BCUT2D eigenvalue weighted by atomic mass is 79.9. The summed E-state index contributed by atoms with van der Waals surface area (Å²) in [6, 6.07) is 1.82. The van der Waals surface area contributed by atoms with Gasteiger partial charge in [-0.05, 0) is 12.1 Å². The number of hydrogen-bond acceptors (Lipinski definition) is 4. The molecule has 0 bridgehead atoms. The Morgan fingerprint density at radius 1 is 1.21 bits per heavy atom. The Hall–Kier alpha value is -1.83. The molecule has 0 N–H and O–H groups in total. The molecule has 0 radical (unpaired) electrons. The fraction of sp³-hybridized carbons (Fsp3) is 0.182. The fourth-order valence-electron chi connectivity index (χ4n) is 1.49. The summed E-state index contributed by atoms with van der Waals surface area (Å²) in [5, 5.41) is 0.264. The second-order valence-corrected chi connectivity index (χ2v) is 4.63. The van der Waals surface area contributed by atoms with Crippen molar-refractivity contribution in [3.63, 3.8) is 0 Å². The second-order valence-electron chi connectivity index (χ2n) is 3.71. The van der Waals surface area contributed by atoms with Crippen LogP contribution in [0.3, 0.4) is 0 Å². The lowest BCUT2D eigenvalue weighted by molar-refractivity contribution is -0.172. The van der Waals surface area contributed by atoms with E-state index >= 15 is 0 Å². The lowest BCUT2D eigenvalue weighted by Gasteiger charge is -2.13. The summed E-state index contributed by atoms with van der Waals surface area (Å²) in [5.74, 6) is -5.38. The zero-order valence-electron chi connectivity index (χ0n) is 9.28. The van der Waals surface area contributed by atoms with Gasteiger partial charge < -0.3 is 4.84 Å². The molecule has 100 valence electrons. The number of nitrogens with zero attached hydrogens (tertiary/aromatic N) is 1. The quantitative estimate of drug-likeness (QED) is 0.613. The third-order valence-corrected chi connectivity index (χ3v) is 2.85. The second kappa shape index (κ2) is 5.04. The van der Waals surface area contributed by atoms with Gasteiger partial charge in [-0.15, -0.1) is 5.06 Å². The average Bonchev–Trinajstić information content (AvgIpc) is 2.65. The fourth-order valence-corrected chi connectivity index (χ4v) is 1.92. The molecule has 1 aliphatic heterocycles. The Morgan fingerprint density at radius 2 is 1.79 bits per heavy atom. The van der Waals surface area contributed by atoms with Gasteiger partial charge >= 0.3 is 5.97 Å². The van der Waals surface area contributed by atoms with Crippen molar-refractivity contribution in [3.05, 3.63) is 33.8 Å². The van der Waals surface area contributed by atoms with Crippen molar-refractivity contribution in [1.29, 1.82) is 0 Å². The molecule has 2 rings (SSSR count). The van der Waals surface area contributed by atoms with Gasteiger partial charge in [0.1, 0.15) is 5.56 Å². The molecule has 0 spiro atoms. The van der Waals surface area contributed by atoms with Crippen molar-refractivity contribution in [1.82, 2.24) is 5.06 Å². The van der Waals surface area contributed by atoms with Gasteiger partial charge in [0.05, 0.1) is 0 Å².